The zero-order valence-electron chi connectivity index (χ0n) is 9.86. The predicted molar refractivity (Wildman–Crippen MR) is 74.8 cm³/mol. The van der Waals surface area contributed by atoms with E-state index in [0.717, 1.165) is 15.5 Å². The van der Waals surface area contributed by atoms with E-state index < -0.39 is 0 Å². The Bertz CT molecular complexity index is 500. The molecule has 0 atom stereocenters. The van der Waals surface area contributed by atoms with E-state index >= 15 is 0 Å². The zero-order valence-corrected chi connectivity index (χ0v) is 10.7. The third kappa shape index (κ3) is 3.98. The molecule has 1 heterocycles. The molecule has 92 valence electrons. The van der Waals surface area contributed by atoms with Crippen LogP contribution >= 0.6 is 11.8 Å². The lowest BCUT2D eigenvalue weighted by atomic mass is 10.3. The fourth-order valence-electron chi connectivity index (χ4n) is 1.41. The van der Waals surface area contributed by atoms with Crippen molar-refractivity contribution in [2.45, 2.75) is 11.4 Å². The highest BCUT2D eigenvalue weighted by Crippen LogP contribution is 2.19. The number of aromatic nitrogens is 1. The molecule has 0 saturated heterocycles. The smallest absolute Gasteiger partial charge is 0.0982 e. The molecule has 0 radical (unpaired) electrons. The normalized spacial score (nSPS) is 11.5. The number of thioether (sulfide) groups is 1. The van der Waals surface area contributed by atoms with Gasteiger partial charge in [0.25, 0.3) is 0 Å². The topological polar surface area (TPSA) is 45.5 Å². The van der Waals surface area contributed by atoms with Gasteiger partial charge in [-0.25, -0.2) is 0 Å². The summed E-state index contributed by atoms with van der Waals surface area (Å²) in [5, 5.41) is 10.0. The van der Waals surface area contributed by atoms with Gasteiger partial charge in [-0.05, 0) is 29.8 Å². The van der Waals surface area contributed by atoms with Crippen LogP contribution in [0.5, 0.6) is 0 Å². The van der Waals surface area contributed by atoms with E-state index in [9.17, 15) is 5.11 Å². The summed E-state index contributed by atoms with van der Waals surface area (Å²) in [5.74, 6) is 0. The summed E-state index contributed by atoms with van der Waals surface area (Å²) in [4.78, 5) is 9.45. The van der Waals surface area contributed by atoms with E-state index in [-0.39, 0.29) is 6.61 Å². The fourth-order valence-corrected chi connectivity index (χ4v) is 2.17. The zero-order chi connectivity index (χ0) is 12.6. The lowest BCUT2D eigenvalue weighted by Crippen LogP contribution is -2.00. The van der Waals surface area contributed by atoms with Crippen LogP contribution in [-0.4, -0.2) is 21.7 Å². The van der Waals surface area contributed by atoms with E-state index in [1.165, 1.54) is 11.8 Å². The van der Waals surface area contributed by atoms with E-state index in [1.807, 2.05) is 42.5 Å². The molecule has 1 aromatic carbocycles. The highest BCUT2D eigenvalue weighted by Gasteiger charge is 2.00. The van der Waals surface area contributed by atoms with Gasteiger partial charge in [-0.2, -0.15) is 0 Å². The first-order valence-corrected chi connectivity index (χ1v) is 6.46. The summed E-state index contributed by atoms with van der Waals surface area (Å²) in [5.41, 5.74) is 1.09. The molecule has 3 nitrogen and oxygen atoms in total. The molecule has 0 unspecified atom stereocenters. The molecule has 0 spiro atoms. The van der Waals surface area contributed by atoms with Crippen molar-refractivity contribution in [3.8, 4) is 0 Å². The average Bonchev–Trinajstić information content (AvgIpc) is 2.45. The molecule has 1 aromatic heterocycles. The summed E-state index contributed by atoms with van der Waals surface area (Å²) in [7, 11) is 0. The first kappa shape index (κ1) is 12.8. The Hall–Kier alpha value is -1.65. The molecule has 0 aliphatic carbocycles. The average molecular weight is 258 g/mol. The maximum absolute atomic E-state index is 9.30. The van der Waals surface area contributed by atoms with Gasteiger partial charge in [0.05, 0.1) is 18.2 Å². The Morgan fingerprint density at radius 2 is 1.83 bits per heavy atom. The number of benzene rings is 1. The maximum atomic E-state index is 9.30. The van der Waals surface area contributed by atoms with Crippen LogP contribution in [-0.2, 0) is 6.54 Å². The van der Waals surface area contributed by atoms with Gasteiger partial charge in [0.15, 0.2) is 0 Å². The first-order valence-electron chi connectivity index (χ1n) is 5.64. The minimum atomic E-state index is -0.0371. The van der Waals surface area contributed by atoms with Crippen LogP contribution in [0.3, 0.4) is 0 Å². The van der Waals surface area contributed by atoms with Crippen LogP contribution in [0.15, 0.2) is 64.7 Å². The van der Waals surface area contributed by atoms with Crippen molar-refractivity contribution in [3.05, 3.63) is 60.4 Å². The number of pyridine rings is 1. The van der Waals surface area contributed by atoms with Crippen LogP contribution < -0.4 is 0 Å². The van der Waals surface area contributed by atoms with Gasteiger partial charge in [0.1, 0.15) is 0 Å². The van der Waals surface area contributed by atoms with Crippen molar-refractivity contribution in [1.29, 1.82) is 0 Å². The standard InChI is InChI=1S/C14H14N2OS/c17-11-14(18-13-4-2-1-3-5-13)16-10-12-6-8-15-9-7-12/h1-9,17H,10-11H2. The van der Waals surface area contributed by atoms with Crippen LogP contribution in [0.1, 0.15) is 5.56 Å². The largest absolute Gasteiger partial charge is 0.389 e. The Morgan fingerprint density at radius 3 is 2.50 bits per heavy atom. The number of nitrogens with zero attached hydrogens (tertiary/aromatic N) is 2. The molecule has 2 aromatic rings. The second-order valence-electron chi connectivity index (χ2n) is 3.64. The Labute approximate surface area is 111 Å². The SMILES string of the molecule is OCC(=NCc1ccncc1)Sc1ccccc1. The van der Waals surface area contributed by atoms with Crippen molar-refractivity contribution in [1.82, 2.24) is 4.98 Å². The molecule has 0 fully saturated rings. The van der Waals surface area contributed by atoms with Crippen LogP contribution in [0, 0.1) is 0 Å². The minimum Gasteiger partial charge on any atom is -0.389 e. The Balaban J connectivity index is 2.00. The fraction of sp³-hybridized carbons (Fsp3) is 0.143. The molecule has 0 saturated carbocycles. The quantitative estimate of drug-likeness (QED) is 0.521. The highest BCUT2D eigenvalue weighted by molar-refractivity contribution is 8.14. The number of rotatable bonds is 4. The van der Waals surface area contributed by atoms with Gasteiger partial charge in [-0.1, -0.05) is 30.0 Å². The van der Waals surface area contributed by atoms with Gasteiger partial charge < -0.3 is 5.11 Å². The third-order valence-electron chi connectivity index (χ3n) is 2.30. The van der Waals surface area contributed by atoms with Gasteiger partial charge in [0, 0.05) is 17.3 Å². The lowest BCUT2D eigenvalue weighted by molar-refractivity contribution is 0.360. The van der Waals surface area contributed by atoms with Crippen molar-refractivity contribution in [3.63, 3.8) is 0 Å². The summed E-state index contributed by atoms with van der Waals surface area (Å²) in [6, 6.07) is 13.8. The maximum Gasteiger partial charge on any atom is 0.0982 e. The van der Waals surface area contributed by atoms with Crippen LogP contribution in [0.4, 0.5) is 0 Å². The highest BCUT2D eigenvalue weighted by atomic mass is 32.2. The molecule has 0 aliphatic heterocycles. The van der Waals surface area contributed by atoms with Crippen molar-refractivity contribution >= 4 is 16.8 Å². The van der Waals surface area contributed by atoms with Crippen molar-refractivity contribution in [2.75, 3.05) is 6.61 Å². The van der Waals surface area contributed by atoms with Crippen LogP contribution in [0.2, 0.25) is 0 Å². The molecule has 2 rings (SSSR count). The van der Waals surface area contributed by atoms with Crippen LogP contribution in [0.25, 0.3) is 0 Å². The van der Waals surface area contributed by atoms with Crippen molar-refractivity contribution in [2.24, 2.45) is 4.99 Å². The first-order chi connectivity index (χ1) is 8.88. The molecular weight excluding hydrogens is 244 g/mol. The summed E-state index contributed by atoms with van der Waals surface area (Å²) in [6.07, 6.45) is 3.49. The third-order valence-corrected chi connectivity index (χ3v) is 3.30. The van der Waals surface area contributed by atoms with E-state index in [0.29, 0.717) is 6.54 Å². The number of aliphatic hydroxyl groups is 1. The van der Waals surface area contributed by atoms with Crippen molar-refractivity contribution < 1.29 is 5.11 Å². The predicted octanol–water partition coefficient (Wildman–Crippen LogP) is 2.76. The number of aliphatic imine (C=N–C) groups is 1. The summed E-state index contributed by atoms with van der Waals surface area (Å²) in [6.45, 7) is 0.531. The van der Waals surface area contributed by atoms with Gasteiger partial charge in [0.2, 0.25) is 0 Å². The number of hydrogen-bond acceptors (Lipinski definition) is 4. The Kier molecular flexibility index (Phi) is 4.93. The second kappa shape index (κ2) is 6.93. The van der Waals surface area contributed by atoms with E-state index in [4.69, 9.17) is 0 Å². The second-order valence-corrected chi connectivity index (χ2v) is 4.79. The molecule has 4 heteroatoms. The Morgan fingerprint density at radius 1 is 1.11 bits per heavy atom. The van der Waals surface area contributed by atoms with Gasteiger partial charge in [-0.15, -0.1) is 0 Å². The molecular formula is C14H14N2OS. The van der Waals surface area contributed by atoms with E-state index in [1.54, 1.807) is 12.4 Å². The lowest BCUT2D eigenvalue weighted by Gasteiger charge is -2.03. The monoisotopic (exact) mass is 258 g/mol. The molecule has 0 aliphatic rings. The number of aliphatic hydroxyl groups excluding tert-OH is 1. The van der Waals surface area contributed by atoms with E-state index in [2.05, 4.69) is 9.98 Å². The summed E-state index contributed by atoms with van der Waals surface area (Å²) < 4.78 is 0. The molecule has 1 N–H and O–H groups in total. The minimum absolute atomic E-state index is 0.0371. The summed E-state index contributed by atoms with van der Waals surface area (Å²) >= 11 is 1.49. The number of hydrogen-bond donors (Lipinski definition) is 1. The van der Waals surface area contributed by atoms with Gasteiger partial charge >= 0.3 is 0 Å². The molecule has 18 heavy (non-hydrogen) atoms. The molecule has 0 amide bonds. The van der Waals surface area contributed by atoms with Gasteiger partial charge in [-0.3, -0.25) is 9.98 Å². The molecule has 0 bridgehead atoms.